The largest absolute Gasteiger partial charge is 0.356 e. The molecule has 0 spiro atoms. The molecule has 0 atom stereocenters. The van der Waals surface area contributed by atoms with E-state index in [0.29, 0.717) is 6.42 Å². The number of carbonyl (C=O) groups is 1. The summed E-state index contributed by atoms with van der Waals surface area (Å²) in [5.74, 6) is 0.960. The van der Waals surface area contributed by atoms with E-state index >= 15 is 0 Å². The zero-order valence-electron chi connectivity index (χ0n) is 13.7. The lowest BCUT2D eigenvalue weighted by atomic mass is 10.2. The van der Waals surface area contributed by atoms with Crippen LogP contribution >= 0.6 is 23.4 Å². The molecule has 1 aliphatic heterocycles. The number of nitrogens with zero attached hydrogens (tertiary/aromatic N) is 1. The van der Waals surface area contributed by atoms with E-state index in [2.05, 4.69) is 10.2 Å². The predicted molar refractivity (Wildman–Crippen MR) is 99.3 cm³/mol. The maximum atomic E-state index is 11.8. The third-order valence-corrected chi connectivity index (χ3v) is 5.35. The van der Waals surface area contributed by atoms with Gasteiger partial charge in [0.2, 0.25) is 5.91 Å². The van der Waals surface area contributed by atoms with Crippen LogP contribution < -0.4 is 5.32 Å². The molecule has 1 aromatic carbocycles. The van der Waals surface area contributed by atoms with Crippen molar-refractivity contribution >= 4 is 29.3 Å². The summed E-state index contributed by atoms with van der Waals surface area (Å²) < 4.78 is 0. The van der Waals surface area contributed by atoms with E-state index in [1.807, 2.05) is 24.3 Å². The van der Waals surface area contributed by atoms with E-state index in [-0.39, 0.29) is 5.91 Å². The lowest BCUT2D eigenvalue weighted by Gasteiger charge is -2.19. The summed E-state index contributed by atoms with van der Waals surface area (Å²) in [6, 6.07) is 7.75. The number of hydrogen-bond donors (Lipinski definition) is 1. The van der Waals surface area contributed by atoms with Crippen LogP contribution in [0.3, 0.4) is 0 Å². The van der Waals surface area contributed by atoms with Gasteiger partial charge in [0.1, 0.15) is 0 Å². The second-order valence-corrected chi connectivity index (χ2v) is 7.62. The van der Waals surface area contributed by atoms with Crippen LogP contribution in [0.2, 0.25) is 5.02 Å². The van der Waals surface area contributed by atoms with Crippen molar-refractivity contribution < 1.29 is 4.79 Å². The molecule has 1 fully saturated rings. The number of likely N-dealkylation sites (tertiary alicyclic amines) is 1. The smallest absolute Gasteiger partial charge is 0.220 e. The summed E-state index contributed by atoms with van der Waals surface area (Å²) in [5, 5.41) is 3.78. The van der Waals surface area contributed by atoms with Crippen molar-refractivity contribution in [2.24, 2.45) is 0 Å². The molecule has 0 aliphatic carbocycles. The second kappa shape index (κ2) is 11.0. The molecule has 0 radical (unpaired) electrons. The SMILES string of the molecule is O=C(CCSc1ccc(Cl)cc1)NCCCN1CCCCCC1. The van der Waals surface area contributed by atoms with Crippen molar-refractivity contribution in [2.45, 2.75) is 43.4 Å². The maximum absolute atomic E-state index is 11.8. The van der Waals surface area contributed by atoms with Gasteiger partial charge in [-0.25, -0.2) is 0 Å². The predicted octanol–water partition coefficient (Wildman–Crippen LogP) is 4.20. The molecule has 3 nitrogen and oxygen atoms in total. The normalized spacial score (nSPS) is 16.0. The van der Waals surface area contributed by atoms with Crippen LogP contribution in [-0.2, 0) is 4.79 Å². The number of thioether (sulfide) groups is 1. The Kier molecular flexibility index (Phi) is 8.87. The van der Waals surface area contributed by atoms with Crippen LogP contribution in [0.4, 0.5) is 0 Å². The third kappa shape index (κ3) is 8.09. The quantitative estimate of drug-likeness (QED) is 0.560. The number of rotatable bonds is 8. The van der Waals surface area contributed by atoms with Gasteiger partial charge in [0.05, 0.1) is 0 Å². The molecule has 2 rings (SSSR count). The van der Waals surface area contributed by atoms with E-state index in [9.17, 15) is 4.79 Å². The highest BCUT2D eigenvalue weighted by Crippen LogP contribution is 2.20. The molecule has 0 aromatic heterocycles. The molecule has 1 N–H and O–H groups in total. The lowest BCUT2D eigenvalue weighted by molar-refractivity contribution is -0.120. The van der Waals surface area contributed by atoms with Gasteiger partial charge in [-0.1, -0.05) is 24.4 Å². The third-order valence-electron chi connectivity index (χ3n) is 4.08. The Morgan fingerprint density at radius 2 is 1.83 bits per heavy atom. The van der Waals surface area contributed by atoms with Gasteiger partial charge in [-0.3, -0.25) is 4.79 Å². The van der Waals surface area contributed by atoms with Crippen molar-refractivity contribution in [3.05, 3.63) is 29.3 Å². The van der Waals surface area contributed by atoms with Crippen molar-refractivity contribution in [3.63, 3.8) is 0 Å². The summed E-state index contributed by atoms with van der Waals surface area (Å²) in [4.78, 5) is 15.5. The van der Waals surface area contributed by atoms with Gasteiger partial charge in [-0.2, -0.15) is 0 Å². The molecule has 0 bridgehead atoms. The van der Waals surface area contributed by atoms with Gasteiger partial charge >= 0.3 is 0 Å². The fraction of sp³-hybridized carbons (Fsp3) is 0.611. The monoisotopic (exact) mass is 354 g/mol. The highest BCUT2D eigenvalue weighted by molar-refractivity contribution is 7.99. The number of benzene rings is 1. The Morgan fingerprint density at radius 3 is 2.52 bits per heavy atom. The van der Waals surface area contributed by atoms with E-state index in [1.165, 1.54) is 38.8 Å². The average molecular weight is 355 g/mol. The number of carbonyl (C=O) groups excluding carboxylic acids is 1. The highest BCUT2D eigenvalue weighted by Gasteiger charge is 2.08. The Hall–Kier alpha value is -0.710. The molecule has 1 aliphatic rings. The Labute approximate surface area is 149 Å². The summed E-state index contributed by atoms with van der Waals surface area (Å²) in [6.45, 7) is 4.36. The van der Waals surface area contributed by atoms with Gasteiger partial charge in [-0.05, 0) is 63.2 Å². The molecule has 1 aromatic rings. The fourth-order valence-corrected chi connectivity index (χ4v) is 3.75. The van der Waals surface area contributed by atoms with Gasteiger partial charge in [-0.15, -0.1) is 11.8 Å². The molecular formula is C18H27ClN2OS. The number of halogens is 1. The zero-order chi connectivity index (χ0) is 16.3. The molecule has 1 heterocycles. The first-order chi connectivity index (χ1) is 11.2. The second-order valence-electron chi connectivity index (χ2n) is 6.01. The minimum Gasteiger partial charge on any atom is -0.356 e. The minimum atomic E-state index is 0.155. The summed E-state index contributed by atoms with van der Waals surface area (Å²) in [5.41, 5.74) is 0. The highest BCUT2D eigenvalue weighted by atomic mass is 35.5. The number of hydrogen-bond acceptors (Lipinski definition) is 3. The Morgan fingerprint density at radius 1 is 1.13 bits per heavy atom. The molecule has 0 saturated carbocycles. The molecule has 128 valence electrons. The Balaban J connectivity index is 1.50. The number of amides is 1. The van der Waals surface area contributed by atoms with Crippen LogP contribution in [0.5, 0.6) is 0 Å². The van der Waals surface area contributed by atoms with Gasteiger partial charge in [0, 0.05) is 28.6 Å². The van der Waals surface area contributed by atoms with Crippen molar-refractivity contribution in [1.82, 2.24) is 10.2 Å². The van der Waals surface area contributed by atoms with Crippen LogP contribution in [-0.4, -0.2) is 42.7 Å². The van der Waals surface area contributed by atoms with E-state index in [0.717, 1.165) is 35.2 Å². The standard InChI is InChI=1S/C18H27ClN2OS/c19-16-6-8-17(9-7-16)23-15-10-18(22)20-11-5-14-21-12-3-1-2-4-13-21/h6-9H,1-5,10-15H2,(H,20,22). The zero-order valence-corrected chi connectivity index (χ0v) is 15.3. The average Bonchev–Trinajstić information content (AvgIpc) is 2.82. The molecule has 5 heteroatoms. The van der Waals surface area contributed by atoms with Gasteiger partial charge in [0.15, 0.2) is 0 Å². The van der Waals surface area contributed by atoms with Gasteiger partial charge in [0.25, 0.3) is 0 Å². The first-order valence-corrected chi connectivity index (χ1v) is 9.98. The van der Waals surface area contributed by atoms with E-state index in [1.54, 1.807) is 11.8 Å². The first-order valence-electron chi connectivity index (χ1n) is 8.61. The molecule has 1 amide bonds. The minimum absolute atomic E-state index is 0.155. The molecular weight excluding hydrogens is 328 g/mol. The molecule has 0 unspecified atom stereocenters. The van der Waals surface area contributed by atoms with Crippen molar-refractivity contribution in [2.75, 3.05) is 31.9 Å². The number of nitrogens with one attached hydrogen (secondary N) is 1. The maximum Gasteiger partial charge on any atom is 0.220 e. The topological polar surface area (TPSA) is 32.3 Å². The van der Waals surface area contributed by atoms with Crippen LogP contribution in [0.1, 0.15) is 38.5 Å². The van der Waals surface area contributed by atoms with Crippen molar-refractivity contribution in [3.8, 4) is 0 Å². The lowest BCUT2D eigenvalue weighted by Crippen LogP contribution is -2.30. The van der Waals surface area contributed by atoms with E-state index < -0.39 is 0 Å². The molecule has 23 heavy (non-hydrogen) atoms. The first kappa shape index (κ1) is 18.6. The van der Waals surface area contributed by atoms with Crippen LogP contribution in [0, 0.1) is 0 Å². The molecule has 1 saturated heterocycles. The summed E-state index contributed by atoms with van der Waals surface area (Å²) in [6.07, 6.45) is 7.02. The summed E-state index contributed by atoms with van der Waals surface area (Å²) >= 11 is 7.55. The fourth-order valence-electron chi connectivity index (χ4n) is 2.77. The van der Waals surface area contributed by atoms with E-state index in [4.69, 9.17) is 11.6 Å². The van der Waals surface area contributed by atoms with Crippen LogP contribution in [0.15, 0.2) is 29.2 Å². The van der Waals surface area contributed by atoms with Crippen LogP contribution in [0.25, 0.3) is 0 Å². The summed E-state index contributed by atoms with van der Waals surface area (Å²) in [7, 11) is 0. The van der Waals surface area contributed by atoms with Gasteiger partial charge < -0.3 is 10.2 Å². The Bertz CT molecular complexity index is 459. The van der Waals surface area contributed by atoms with Crippen molar-refractivity contribution in [1.29, 1.82) is 0 Å².